The van der Waals surface area contributed by atoms with E-state index in [-0.39, 0.29) is 30.5 Å². The van der Waals surface area contributed by atoms with Crippen molar-refractivity contribution in [3.8, 4) is 0 Å². The number of carbonyl (C=O) groups excluding carboxylic acids is 1. The highest BCUT2D eigenvalue weighted by molar-refractivity contribution is 6.30. The highest BCUT2D eigenvalue weighted by atomic mass is 35.5. The zero-order valence-electron chi connectivity index (χ0n) is 17.8. The molecule has 1 saturated carbocycles. The Morgan fingerprint density at radius 3 is 2.45 bits per heavy atom. The maximum absolute atomic E-state index is 14.0. The molecule has 1 aliphatic carbocycles. The molecule has 0 aromatic heterocycles. The largest absolute Gasteiger partial charge is 0.394 e. The summed E-state index contributed by atoms with van der Waals surface area (Å²) < 4.78 is 0. The SMILES string of the molecule is C=CC[C@@]1(C)C[C@H](c2cccc(Cl)c2)C(c2ccc(Cl)cc2)N([C@H](CO)C2CC2)C1=O. The number of amides is 1. The third-order valence-corrected chi connectivity index (χ3v) is 7.38. The Morgan fingerprint density at radius 1 is 1.16 bits per heavy atom. The molecule has 0 bridgehead atoms. The van der Waals surface area contributed by atoms with Gasteiger partial charge in [0.1, 0.15) is 0 Å². The first kappa shape index (κ1) is 22.4. The highest BCUT2D eigenvalue weighted by Crippen LogP contribution is 2.53. The van der Waals surface area contributed by atoms with Gasteiger partial charge in [-0.1, -0.05) is 60.5 Å². The minimum atomic E-state index is -0.583. The van der Waals surface area contributed by atoms with Gasteiger partial charge in [0.05, 0.1) is 24.1 Å². The predicted octanol–water partition coefficient (Wildman–Crippen LogP) is 6.40. The maximum Gasteiger partial charge on any atom is 0.229 e. The van der Waals surface area contributed by atoms with Crippen LogP contribution in [0.5, 0.6) is 0 Å². The average Bonchev–Trinajstić information content (AvgIpc) is 3.58. The Morgan fingerprint density at radius 2 is 1.87 bits per heavy atom. The van der Waals surface area contributed by atoms with E-state index in [1.807, 2.05) is 60.4 Å². The quantitative estimate of drug-likeness (QED) is 0.488. The van der Waals surface area contributed by atoms with E-state index < -0.39 is 5.41 Å². The van der Waals surface area contributed by atoms with Crippen LogP contribution in [0.3, 0.4) is 0 Å². The van der Waals surface area contributed by atoms with Crippen LogP contribution in [-0.2, 0) is 4.79 Å². The van der Waals surface area contributed by atoms with Crippen molar-refractivity contribution < 1.29 is 9.90 Å². The molecule has 164 valence electrons. The first-order chi connectivity index (χ1) is 14.9. The number of carbonyl (C=O) groups is 1. The molecule has 2 aromatic carbocycles. The second-order valence-electron chi connectivity index (χ2n) is 9.22. The molecule has 5 heteroatoms. The Labute approximate surface area is 194 Å². The van der Waals surface area contributed by atoms with Crippen LogP contribution in [0, 0.1) is 11.3 Å². The second-order valence-corrected chi connectivity index (χ2v) is 10.1. The van der Waals surface area contributed by atoms with Crippen LogP contribution < -0.4 is 0 Å². The summed E-state index contributed by atoms with van der Waals surface area (Å²) in [5.41, 5.74) is 1.55. The van der Waals surface area contributed by atoms with E-state index in [0.717, 1.165) is 24.0 Å². The lowest BCUT2D eigenvalue weighted by Crippen LogP contribution is -2.57. The van der Waals surface area contributed by atoms with Gasteiger partial charge in [0.15, 0.2) is 0 Å². The molecule has 2 aromatic rings. The molecule has 1 aliphatic heterocycles. The number of rotatable bonds is 7. The second kappa shape index (κ2) is 8.97. The third-order valence-electron chi connectivity index (χ3n) is 6.90. The van der Waals surface area contributed by atoms with Gasteiger partial charge in [-0.05, 0) is 67.0 Å². The molecule has 2 aliphatic rings. The summed E-state index contributed by atoms with van der Waals surface area (Å²) in [6, 6.07) is 15.3. The van der Waals surface area contributed by atoms with Crippen molar-refractivity contribution >= 4 is 29.1 Å². The van der Waals surface area contributed by atoms with Crippen molar-refractivity contribution in [3.63, 3.8) is 0 Å². The number of hydrogen-bond donors (Lipinski definition) is 1. The summed E-state index contributed by atoms with van der Waals surface area (Å²) in [5.74, 6) is 0.474. The molecule has 31 heavy (non-hydrogen) atoms. The molecule has 1 N–H and O–H groups in total. The molecule has 1 unspecified atom stereocenters. The first-order valence-corrected chi connectivity index (χ1v) is 11.7. The summed E-state index contributed by atoms with van der Waals surface area (Å²) in [5, 5.41) is 11.7. The van der Waals surface area contributed by atoms with E-state index >= 15 is 0 Å². The fraction of sp³-hybridized carbons (Fsp3) is 0.423. The van der Waals surface area contributed by atoms with Gasteiger partial charge >= 0.3 is 0 Å². The molecular weight excluding hydrogens is 429 g/mol. The van der Waals surface area contributed by atoms with Crippen LogP contribution in [0.1, 0.15) is 55.7 Å². The lowest BCUT2D eigenvalue weighted by atomic mass is 9.67. The van der Waals surface area contributed by atoms with Crippen LogP contribution in [-0.4, -0.2) is 28.6 Å². The predicted molar refractivity (Wildman–Crippen MR) is 126 cm³/mol. The van der Waals surface area contributed by atoms with Gasteiger partial charge in [-0.3, -0.25) is 4.79 Å². The minimum Gasteiger partial charge on any atom is -0.394 e. The zero-order valence-corrected chi connectivity index (χ0v) is 19.3. The van der Waals surface area contributed by atoms with Crippen LogP contribution >= 0.6 is 23.2 Å². The number of piperidine rings is 1. The first-order valence-electron chi connectivity index (χ1n) is 10.9. The van der Waals surface area contributed by atoms with Crippen LogP contribution in [0.4, 0.5) is 0 Å². The molecule has 4 atom stereocenters. The van der Waals surface area contributed by atoms with Crippen LogP contribution in [0.25, 0.3) is 0 Å². The fourth-order valence-corrected chi connectivity index (χ4v) is 5.52. The number of benzene rings is 2. The Kier molecular flexibility index (Phi) is 6.48. The Bertz CT molecular complexity index is 956. The molecule has 0 radical (unpaired) electrons. The number of halogens is 2. The summed E-state index contributed by atoms with van der Waals surface area (Å²) >= 11 is 12.5. The summed E-state index contributed by atoms with van der Waals surface area (Å²) in [4.78, 5) is 16.0. The normalized spacial score (nSPS) is 27.2. The molecule has 0 spiro atoms. The smallest absolute Gasteiger partial charge is 0.229 e. The molecule has 1 amide bonds. The summed E-state index contributed by atoms with van der Waals surface area (Å²) in [6.45, 7) is 5.91. The van der Waals surface area contributed by atoms with Gasteiger partial charge in [-0.15, -0.1) is 6.58 Å². The number of aliphatic hydroxyl groups is 1. The lowest BCUT2D eigenvalue weighted by molar-refractivity contribution is -0.156. The number of allylic oxidation sites excluding steroid dienone is 1. The number of likely N-dealkylation sites (tertiary alicyclic amines) is 1. The standard InChI is InChI=1S/C26H29Cl2NO2/c1-3-13-26(2)15-22(19-5-4-6-21(28)14-19)24(18-9-11-20(27)12-10-18)29(25(26)31)23(16-30)17-7-8-17/h3-6,9-12,14,17,22-24,30H,1,7-8,13,15-16H2,2H3/t22-,23-,24?,26+/m1/s1. The van der Waals surface area contributed by atoms with E-state index in [0.29, 0.717) is 28.8 Å². The summed E-state index contributed by atoms with van der Waals surface area (Å²) in [7, 11) is 0. The van der Waals surface area contributed by atoms with Crippen molar-refractivity contribution in [3.05, 3.63) is 82.4 Å². The summed E-state index contributed by atoms with van der Waals surface area (Å²) in [6.07, 6.45) is 5.20. The minimum absolute atomic E-state index is 0.0348. The number of aliphatic hydroxyl groups excluding tert-OH is 1. The van der Waals surface area contributed by atoms with Gasteiger partial charge in [-0.25, -0.2) is 0 Å². The van der Waals surface area contributed by atoms with Crippen molar-refractivity contribution in [2.45, 2.75) is 50.6 Å². The van der Waals surface area contributed by atoms with Crippen molar-refractivity contribution in [1.82, 2.24) is 4.90 Å². The Balaban J connectivity index is 1.89. The topological polar surface area (TPSA) is 40.5 Å². The van der Waals surface area contributed by atoms with Gasteiger partial charge in [0, 0.05) is 16.0 Å². The van der Waals surface area contributed by atoms with Crippen LogP contribution in [0.15, 0.2) is 61.2 Å². The number of nitrogens with zero attached hydrogens (tertiary/aromatic N) is 1. The lowest BCUT2D eigenvalue weighted by Gasteiger charge is -2.52. The van der Waals surface area contributed by atoms with Gasteiger partial charge in [0.25, 0.3) is 0 Å². The average molecular weight is 458 g/mol. The van der Waals surface area contributed by atoms with E-state index in [2.05, 4.69) is 12.6 Å². The Hall–Kier alpha value is -1.81. The van der Waals surface area contributed by atoms with E-state index in [4.69, 9.17) is 23.2 Å². The third kappa shape index (κ3) is 4.41. The molecule has 1 saturated heterocycles. The van der Waals surface area contributed by atoms with Crippen LogP contribution in [0.2, 0.25) is 10.0 Å². The van der Waals surface area contributed by atoms with E-state index in [1.54, 1.807) is 0 Å². The van der Waals surface area contributed by atoms with E-state index in [1.165, 1.54) is 0 Å². The molecule has 3 nitrogen and oxygen atoms in total. The van der Waals surface area contributed by atoms with Crippen molar-refractivity contribution in [2.75, 3.05) is 6.61 Å². The van der Waals surface area contributed by atoms with Gasteiger partial charge in [0.2, 0.25) is 5.91 Å². The molecule has 1 heterocycles. The van der Waals surface area contributed by atoms with Gasteiger partial charge in [-0.2, -0.15) is 0 Å². The molecule has 2 fully saturated rings. The number of hydrogen-bond acceptors (Lipinski definition) is 2. The fourth-order valence-electron chi connectivity index (χ4n) is 5.20. The van der Waals surface area contributed by atoms with Crippen molar-refractivity contribution in [1.29, 1.82) is 0 Å². The van der Waals surface area contributed by atoms with Crippen molar-refractivity contribution in [2.24, 2.45) is 11.3 Å². The zero-order chi connectivity index (χ0) is 22.2. The monoisotopic (exact) mass is 457 g/mol. The molecule has 4 rings (SSSR count). The van der Waals surface area contributed by atoms with Gasteiger partial charge < -0.3 is 10.0 Å². The maximum atomic E-state index is 14.0. The van der Waals surface area contributed by atoms with E-state index in [9.17, 15) is 9.90 Å². The highest BCUT2D eigenvalue weighted by Gasteiger charge is 2.53. The molecular formula is C26H29Cl2NO2.